The smallest absolute Gasteiger partial charge is 0.261 e. The monoisotopic (exact) mass is 314 g/mol. The number of rotatable bonds is 3. The van der Waals surface area contributed by atoms with Gasteiger partial charge in [0.25, 0.3) is 7.37 Å². The van der Waals surface area contributed by atoms with Crippen molar-refractivity contribution < 1.29 is 13.8 Å². The summed E-state index contributed by atoms with van der Waals surface area (Å²) in [6.45, 7) is 4.01. The molecule has 0 fully saturated rings. The summed E-state index contributed by atoms with van der Waals surface area (Å²) < 4.78 is 24.7. The van der Waals surface area contributed by atoms with Gasteiger partial charge in [-0.1, -0.05) is 24.3 Å². The van der Waals surface area contributed by atoms with Gasteiger partial charge in [-0.05, 0) is 50.3 Å². The van der Waals surface area contributed by atoms with Gasteiger partial charge in [-0.3, -0.25) is 4.57 Å². The predicted molar refractivity (Wildman–Crippen MR) is 90.5 cm³/mol. The fourth-order valence-corrected chi connectivity index (χ4v) is 4.40. The quantitative estimate of drug-likeness (QED) is 0.810. The van der Waals surface area contributed by atoms with Crippen LogP contribution in [0.4, 0.5) is 0 Å². The molecule has 0 aliphatic carbocycles. The molecule has 3 rings (SSSR count). The molecule has 0 N–H and O–H groups in total. The molecule has 22 heavy (non-hydrogen) atoms. The van der Waals surface area contributed by atoms with E-state index >= 15 is 0 Å². The molecular formula is C18H19O3P. The highest BCUT2D eigenvalue weighted by Gasteiger charge is 2.29. The largest absolute Gasteiger partial charge is 0.483 e. The number of hydrogen-bond donors (Lipinski definition) is 0. The van der Waals surface area contributed by atoms with Gasteiger partial charge in [0.1, 0.15) is 11.4 Å². The summed E-state index contributed by atoms with van der Waals surface area (Å²) in [4.78, 5) is 0. The van der Waals surface area contributed by atoms with Crippen LogP contribution in [0.1, 0.15) is 19.4 Å². The average molecular weight is 314 g/mol. The molecule has 4 heteroatoms. The Balaban J connectivity index is 2.07. The first-order chi connectivity index (χ1) is 10.4. The zero-order valence-corrected chi connectivity index (χ0v) is 13.8. The maximum Gasteiger partial charge on any atom is 0.261 e. The molecule has 0 unspecified atom stereocenters. The fourth-order valence-electron chi connectivity index (χ4n) is 2.53. The Hall–Kier alpha value is -1.83. The predicted octanol–water partition coefficient (Wildman–Crippen LogP) is 3.75. The second kappa shape index (κ2) is 5.42. The maximum absolute atomic E-state index is 13.3. The first kappa shape index (κ1) is 15.1. The van der Waals surface area contributed by atoms with Crippen LogP contribution in [0.25, 0.3) is 6.08 Å². The Morgan fingerprint density at radius 2 is 1.77 bits per heavy atom. The van der Waals surface area contributed by atoms with Gasteiger partial charge in [0, 0.05) is 23.3 Å². The molecule has 0 aromatic heterocycles. The molecule has 3 nitrogen and oxygen atoms in total. The summed E-state index contributed by atoms with van der Waals surface area (Å²) >= 11 is 0. The fraction of sp³-hybridized carbons (Fsp3) is 0.222. The Labute approximate surface area is 131 Å². The summed E-state index contributed by atoms with van der Waals surface area (Å²) in [5.41, 5.74) is 0.601. The van der Waals surface area contributed by atoms with Crippen LogP contribution in [0, 0.1) is 0 Å². The highest BCUT2D eigenvalue weighted by atomic mass is 31.2. The Morgan fingerprint density at radius 1 is 1.05 bits per heavy atom. The molecule has 1 atom stereocenters. The van der Waals surface area contributed by atoms with Crippen molar-refractivity contribution in [1.82, 2.24) is 0 Å². The molecule has 0 spiro atoms. The van der Waals surface area contributed by atoms with Crippen LogP contribution in [0.15, 0.2) is 54.6 Å². The van der Waals surface area contributed by atoms with Crippen molar-refractivity contribution in [2.75, 3.05) is 7.11 Å². The van der Waals surface area contributed by atoms with Crippen LogP contribution in [-0.2, 0) is 9.09 Å². The van der Waals surface area contributed by atoms with Crippen LogP contribution >= 0.6 is 7.37 Å². The van der Waals surface area contributed by atoms with E-state index in [0.717, 1.165) is 11.3 Å². The lowest BCUT2D eigenvalue weighted by molar-refractivity contribution is 0.159. The molecule has 0 saturated carbocycles. The minimum Gasteiger partial charge on any atom is -0.483 e. The molecule has 114 valence electrons. The van der Waals surface area contributed by atoms with E-state index in [-0.39, 0.29) is 5.60 Å². The summed E-state index contributed by atoms with van der Waals surface area (Å²) in [6.07, 6.45) is 4.01. The van der Waals surface area contributed by atoms with Crippen molar-refractivity contribution >= 4 is 24.1 Å². The second-order valence-corrected chi connectivity index (χ2v) is 8.33. The van der Waals surface area contributed by atoms with Crippen molar-refractivity contribution in [3.05, 3.63) is 60.2 Å². The van der Waals surface area contributed by atoms with E-state index in [1.807, 2.05) is 74.5 Å². The van der Waals surface area contributed by atoms with Gasteiger partial charge >= 0.3 is 0 Å². The maximum atomic E-state index is 13.3. The van der Waals surface area contributed by atoms with Crippen LogP contribution < -0.4 is 15.3 Å². The average Bonchev–Trinajstić information content (AvgIpc) is 2.53. The summed E-state index contributed by atoms with van der Waals surface area (Å²) in [5.74, 6) is 0.798. The third-order valence-electron chi connectivity index (χ3n) is 3.72. The summed E-state index contributed by atoms with van der Waals surface area (Å²) in [6, 6.07) is 14.9. The van der Waals surface area contributed by atoms with Crippen molar-refractivity contribution in [3.63, 3.8) is 0 Å². The van der Waals surface area contributed by atoms with Crippen LogP contribution in [0.5, 0.6) is 5.75 Å². The zero-order valence-electron chi connectivity index (χ0n) is 12.9. The third-order valence-corrected chi connectivity index (χ3v) is 6.17. The van der Waals surface area contributed by atoms with Gasteiger partial charge in [0.2, 0.25) is 0 Å². The van der Waals surface area contributed by atoms with Crippen molar-refractivity contribution in [2.45, 2.75) is 19.4 Å². The minimum absolute atomic E-state index is 0.321. The van der Waals surface area contributed by atoms with Gasteiger partial charge in [-0.15, -0.1) is 0 Å². The van der Waals surface area contributed by atoms with E-state index in [4.69, 9.17) is 9.26 Å². The standard InChI is InChI=1S/C18H19O3P/c1-18(2)12-11-14-13-16(9-10-17(14)21-18)22(19,20-3)15-7-5-4-6-8-15/h4-13H,1-3H3/t22-/m1/s1. The molecule has 0 radical (unpaired) electrons. The molecule has 0 saturated heterocycles. The van der Waals surface area contributed by atoms with E-state index in [1.54, 1.807) is 0 Å². The molecule has 1 aliphatic heterocycles. The zero-order chi connectivity index (χ0) is 15.8. The lowest BCUT2D eigenvalue weighted by Gasteiger charge is -2.28. The summed E-state index contributed by atoms with van der Waals surface area (Å²) in [5, 5.41) is 1.37. The van der Waals surface area contributed by atoms with E-state index < -0.39 is 7.37 Å². The first-order valence-corrected chi connectivity index (χ1v) is 8.81. The van der Waals surface area contributed by atoms with Crippen LogP contribution in [0.2, 0.25) is 0 Å². The van der Waals surface area contributed by atoms with E-state index in [1.165, 1.54) is 7.11 Å². The van der Waals surface area contributed by atoms with E-state index in [0.29, 0.717) is 10.6 Å². The number of fused-ring (bicyclic) bond motifs is 1. The first-order valence-electron chi connectivity index (χ1n) is 7.19. The lowest BCUT2D eigenvalue weighted by atomic mass is 10.0. The molecule has 2 aromatic rings. The summed E-state index contributed by atoms with van der Waals surface area (Å²) in [7, 11) is -1.58. The van der Waals surface area contributed by atoms with E-state index in [2.05, 4.69) is 0 Å². The molecule has 0 amide bonds. The van der Waals surface area contributed by atoms with E-state index in [9.17, 15) is 4.57 Å². The van der Waals surface area contributed by atoms with Crippen molar-refractivity contribution in [2.24, 2.45) is 0 Å². The Morgan fingerprint density at radius 3 is 2.45 bits per heavy atom. The van der Waals surface area contributed by atoms with Crippen molar-refractivity contribution in [3.8, 4) is 5.75 Å². The minimum atomic E-state index is -3.07. The second-order valence-electron chi connectivity index (χ2n) is 5.83. The topological polar surface area (TPSA) is 35.5 Å². The third kappa shape index (κ3) is 2.63. The van der Waals surface area contributed by atoms with Gasteiger partial charge in [0.05, 0.1) is 0 Å². The van der Waals surface area contributed by atoms with Crippen LogP contribution in [0.3, 0.4) is 0 Å². The molecular weight excluding hydrogens is 295 g/mol. The highest BCUT2D eigenvalue weighted by Crippen LogP contribution is 2.45. The van der Waals surface area contributed by atoms with Crippen LogP contribution in [-0.4, -0.2) is 12.7 Å². The SMILES string of the molecule is CO[P@](=O)(c1ccccc1)c1ccc2c(c1)C=CC(C)(C)O2. The normalized spacial score (nSPS) is 18.1. The number of benzene rings is 2. The Kier molecular flexibility index (Phi) is 3.72. The van der Waals surface area contributed by atoms with Gasteiger partial charge in [-0.25, -0.2) is 0 Å². The molecule has 0 bridgehead atoms. The van der Waals surface area contributed by atoms with Crippen molar-refractivity contribution in [1.29, 1.82) is 0 Å². The number of hydrogen-bond acceptors (Lipinski definition) is 3. The van der Waals surface area contributed by atoms with Gasteiger partial charge < -0.3 is 9.26 Å². The molecule has 1 heterocycles. The molecule has 1 aliphatic rings. The molecule has 2 aromatic carbocycles. The van der Waals surface area contributed by atoms with Gasteiger partial charge in [0.15, 0.2) is 0 Å². The number of ether oxygens (including phenoxy) is 1. The highest BCUT2D eigenvalue weighted by molar-refractivity contribution is 7.74. The lowest BCUT2D eigenvalue weighted by Crippen LogP contribution is -2.28. The Bertz CT molecular complexity index is 763. The van der Waals surface area contributed by atoms with Gasteiger partial charge in [-0.2, -0.15) is 0 Å².